The van der Waals surface area contributed by atoms with Crippen molar-refractivity contribution in [1.29, 1.82) is 0 Å². The van der Waals surface area contributed by atoms with E-state index in [0.717, 1.165) is 11.0 Å². The molecule has 0 saturated heterocycles. The zero-order valence-corrected chi connectivity index (χ0v) is 13.4. The molecular weight excluding hydrogens is 306 g/mol. The molecule has 6 nitrogen and oxygen atoms in total. The van der Waals surface area contributed by atoms with Crippen molar-refractivity contribution < 1.29 is 9.53 Å². The SMILES string of the molecule is Cn1c(=O)n(CCNC(=O)COc2ccccc2)c2ccccc21. The predicted molar refractivity (Wildman–Crippen MR) is 92.1 cm³/mol. The lowest BCUT2D eigenvalue weighted by Gasteiger charge is -2.08. The number of carbonyl (C=O) groups excluding carboxylic acids is 1. The molecule has 1 amide bonds. The van der Waals surface area contributed by atoms with Crippen LogP contribution in [0.25, 0.3) is 11.0 Å². The normalized spacial score (nSPS) is 10.7. The van der Waals surface area contributed by atoms with Gasteiger partial charge in [0.05, 0.1) is 11.0 Å². The third kappa shape index (κ3) is 3.32. The second-order valence-electron chi connectivity index (χ2n) is 5.43. The van der Waals surface area contributed by atoms with Gasteiger partial charge in [0, 0.05) is 20.1 Å². The summed E-state index contributed by atoms with van der Waals surface area (Å²) in [6, 6.07) is 16.8. The lowest BCUT2D eigenvalue weighted by atomic mass is 10.3. The molecule has 3 rings (SSSR count). The molecule has 1 heterocycles. The number of nitrogens with zero attached hydrogens (tertiary/aromatic N) is 2. The Balaban J connectivity index is 1.56. The summed E-state index contributed by atoms with van der Waals surface area (Å²) in [5.74, 6) is 0.435. The standard InChI is InChI=1S/C18H19N3O3/c1-20-15-9-5-6-10-16(15)21(18(20)23)12-11-19-17(22)13-24-14-7-3-2-4-8-14/h2-10H,11-13H2,1H3,(H,19,22). The van der Waals surface area contributed by atoms with Gasteiger partial charge in [0.15, 0.2) is 6.61 Å². The molecule has 0 bridgehead atoms. The van der Waals surface area contributed by atoms with Gasteiger partial charge in [-0.1, -0.05) is 30.3 Å². The second-order valence-corrected chi connectivity index (χ2v) is 5.43. The van der Waals surface area contributed by atoms with Crippen molar-refractivity contribution in [2.75, 3.05) is 13.2 Å². The number of ether oxygens (including phenoxy) is 1. The van der Waals surface area contributed by atoms with Gasteiger partial charge >= 0.3 is 5.69 Å². The van der Waals surface area contributed by atoms with E-state index in [1.54, 1.807) is 28.3 Å². The van der Waals surface area contributed by atoms with E-state index in [2.05, 4.69) is 5.32 Å². The maximum atomic E-state index is 12.3. The van der Waals surface area contributed by atoms with E-state index in [0.29, 0.717) is 18.8 Å². The fourth-order valence-electron chi connectivity index (χ4n) is 2.60. The number of aromatic nitrogens is 2. The fourth-order valence-corrected chi connectivity index (χ4v) is 2.60. The second kappa shape index (κ2) is 7.04. The van der Waals surface area contributed by atoms with Crippen LogP contribution in [-0.4, -0.2) is 28.2 Å². The van der Waals surface area contributed by atoms with E-state index in [1.807, 2.05) is 42.5 Å². The van der Waals surface area contributed by atoms with E-state index in [1.165, 1.54) is 0 Å². The van der Waals surface area contributed by atoms with Gasteiger partial charge in [-0.3, -0.25) is 13.9 Å². The van der Waals surface area contributed by atoms with Crippen LogP contribution in [0, 0.1) is 0 Å². The van der Waals surface area contributed by atoms with Crippen molar-refractivity contribution in [2.45, 2.75) is 6.54 Å². The molecule has 0 fully saturated rings. The van der Waals surface area contributed by atoms with Gasteiger partial charge in [-0.2, -0.15) is 0 Å². The molecule has 0 aliphatic rings. The minimum atomic E-state index is -0.216. The Morgan fingerprint density at radius 1 is 1.04 bits per heavy atom. The number of nitrogens with one attached hydrogen (secondary N) is 1. The molecule has 124 valence electrons. The summed E-state index contributed by atoms with van der Waals surface area (Å²) in [5.41, 5.74) is 1.65. The first-order valence-corrected chi connectivity index (χ1v) is 7.75. The van der Waals surface area contributed by atoms with Crippen molar-refractivity contribution >= 4 is 16.9 Å². The summed E-state index contributed by atoms with van der Waals surface area (Å²) in [5, 5.41) is 2.77. The van der Waals surface area contributed by atoms with Crippen molar-refractivity contribution in [3.8, 4) is 5.75 Å². The molecule has 1 aromatic heterocycles. The van der Waals surface area contributed by atoms with Crippen LogP contribution in [0.15, 0.2) is 59.4 Å². The average Bonchev–Trinajstić information content (AvgIpc) is 2.86. The summed E-state index contributed by atoms with van der Waals surface area (Å²) in [4.78, 5) is 24.1. The molecule has 0 aliphatic carbocycles. The maximum Gasteiger partial charge on any atom is 0.328 e. The highest BCUT2D eigenvalue weighted by atomic mass is 16.5. The number of aryl methyl sites for hydroxylation is 1. The highest BCUT2D eigenvalue weighted by Crippen LogP contribution is 2.11. The first-order valence-electron chi connectivity index (χ1n) is 7.75. The number of amides is 1. The number of imidazole rings is 1. The van der Waals surface area contributed by atoms with E-state index in [-0.39, 0.29) is 18.2 Å². The van der Waals surface area contributed by atoms with Crippen molar-refractivity contribution in [2.24, 2.45) is 7.05 Å². The van der Waals surface area contributed by atoms with Gasteiger partial charge in [0.2, 0.25) is 0 Å². The number of hydrogen-bond donors (Lipinski definition) is 1. The summed E-state index contributed by atoms with van der Waals surface area (Å²) < 4.78 is 8.65. The minimum Gasteiger partial charge on any atom is -0.484 e. The monoisotopic (exact) mass is 325 g/mol. The number of hydrogen-bond acceptors (Lipinski definition) is 3. The summed E-state index contributed by atoms with van der Waals surface area (Å²) >= 11 is 0. The van der Waals surface area contributed by atoms with Crippen LogP contribution >= 0.6 is 0 Å². The van der Waals surface area contributed by atoms with Crippen molar-refractivity contribution in [3.05, 3.63) is 65.1 Å². The molecule has 6 heteroatoms. The van der Waals surface area contributed by atoms with Crippen LogP contribution in [0.1, 0.15) is 0 Å². The molecule has 0 saturated carbocycles. The first-order chi connectivity index (χ1) is 11.7. The number of rotatable bonds is 6. The van der Waals surface area contributed by atoms with Crippen LogP contribution in [0.4, 0.5) is 0 Å². The van der Waals surface area contributed by atoms with Crippen LogP contribution in [0.3, 0.4) is 0 Å². The number of para-hydroxylation sites is 3. The van der Waals surface area contributed by atoms with Gasteiger partial charge in [-0.15, -0.1) is 0 Å². The molecule has 24 heavy (non-hydrogen) atoms. The van der Waals surface area contributed by atoms with E-state index in [4.69, 9.17) is 4.74 Å². The van der Waals surface area contributed by atoms with Gasteiger partial charge < -0.3 is 10.1 Å². The predicted octanol–water partition coefficient (Wildman–Crippen LogP) is 1.54. The first kappa shape index (κ1) is 15.9. The Morgan fingerprint density at radius 3 is 2.46 bits per heavy atom. The van der Waals surface area contributed by atoms with Crippen LogP contribution in [0.2, 0.25) is 0 Å². The molecule has 0 atom stereocenters. The molecule has 3 aromatic rings. The van der Waals surface area contributed by atoms with Crippen molar-refractivity contribution in [1.82, 2.24) is 14.5 Å². The Morgan fingerprint density at radius 2 is 1.71 bits per heavy atom. The van der Waals surface area contributed by atoms with Crippen LogP contribution in [-0.2, 0) is 18.4 Å². The van der Waals surface area contributed by atoms with Crippen LogP contribution in [0.5, 0.6) is 5.75 Å². The number of fused-ring (bicyclic) bond motifs is 1. The van der Waals surface area contributed by atoms with Crippen LogP contribution < -0.4 is 15.7 Å². The van der Waals surface area contributed by atoms with E-state index in [9.17, 15) is 9.59 Å². The van der Waals surface area contributed by atoms with Crippen molar-refractivity contribution in [3.63, 3.8) is 0 Å². The van der Waals surface area contributed by atoms with Gasteiger partial charge in [-0.25, -0.2) is 4.79 Å². The molecule has 0 aliphatic heterocycles. The molecule has 0 unspecified atom stereocenters. The molecule has 1 N–H and O–H groups in total. The summed E-state index contributed by atoms with van der Waals surface area (Å²) in [7, 11) is 1.74. The minimum absolute atomic E-state index is 0.0472. The molecular formula is C18H19N3O3. The third-order valence-corrected chi connectivity index (χ3v) is 3.82. The summed E-state index contributed by atoms with van der Waals surface area (Å²) in [6.45, 7) is 0.733. The highest BCUT2D eigenvalue weighted by Gasteiger charge is 2.10. The Hall–Kier alpha value is -3.02. The highest BCUT2D eigenvalue weighted by molar-refractivity contribution is 5.77. The van der Waals surface area contributed by atoms with Gasteiger partial charge in [-0.05, 0) is 24.3 Å². The zero-order chi connectivity index (χ0) is 16.9. The topological polar surface area (TPSA) is 65.3 Å². The van der Waals surface area contributed by atoms with Gasteiger partial charge in [0.25, 0.3) is 5.91 Å². The number of carbonyl (C=O) groups is 1. The van der Waals surface area contributed by atoms with E-state index < -0.39 is 0 Å². The average molecular weight is 325 g/mol. The fraction of sp³-hybridized carbons (Fsp3) is 0.222. The smallest absolute Gasteiger partial charge is 0.328 e. The van der Waals surface area contributed by atoms with Gasteiger partial charge in [0.1, 0.15) is 5.75 Å². The lowest BCUT2D eigenvalue weighted by Crippen LogP contribution is -2.33. The molecule has 2 aromatic carbocycles. The Labute approximate surface area is 139 Å². The Kier molecular flexibility index (Phi) is 4.65. The lowest BCUT2D eigenvalue weighted by molar-refractivity contribution is -0.123. The Bertz CT molecular complexity index is 897. The zero-order valence-electron chi connectivity index (χ0n) is 13.4. The quantitative estimate of drug-likeness (QED) is 0.747. The van der Waals surface area contributed by atoms with E-state index >= 15 is 0 Å². The molecule has 0 spiro atoms. The summed E-state index contributed by atoms with van der Waals surface area (Å²) in [6.07, 6.45) is 0. The molecule has 0 radical (unpaired) electrons. The maximum absolute atomic E-state index is 12.3. The largest absolute Gasteiger partial charge is 0.484 e. The third-order valence-electron chi connectivity index (χ3n) is 3.82. The number of benzene rings is 2.